The lowest BCUT2D eigenvalue weighted by atomic mass is 9.47. The van der Waals surface area contributed by atoms with Gasteiger partial charge < -0.3 is 19.7 Å². The molecule has 2 aliphatic rings. The number of ether oxygens (including phenoxy) is 2. The molecule has 24 heavy (non-hydrogen) atoms. The molecule has 0 bridgehead atoms. The van der Waals surface area contributed by atoms with Crippen LogP contribution in [0.4, 0.5) is 0 Å². The van der Waals surface area contributed by atoms with Crippen LogP contribution in [0, 0.1) is 17.3 Å². The zero-order valence-corrected chi connectivity index (χ0v) is 14.0. The number of carbonyl (C=O) groups excluding carboxylic acids is 2. The summed E-state index contributed by atoms with van der Waals surface area (Å²) in [4.78, 5) is 23.5. The van der Waals surface area contributed by atoms with E-state index < -0.39 is 25.5 Å². The van der Waals surface area contributed by atoms with Crippen LogP contribution in [-0.4, -0.2) is 35.7 Å². The van der Waals surface area contributed by atoms with E-state index in [1.807, 2.05) is 0 Å². The first-order valence-electron chi connectivity index (χ1n) is 8.36. The minimum absolute atomic E-state index is 0.0633. The zero-order valence-electron chi connectivity index (χ0n) is 14.0. The van der Waals surface area contributed by atoms with Gasteiger partial charge in [0.2, 0.25) is 0 Å². The molecule has 6 nitrogen and oxygen atoms in total. The van der Waals surface area contributed by atoms with E-state index in [9.17, 15) is 9.59 Å². The lowest BCUT2D eigenvalue weighted by Crippen LogP contribution is -2.49. The van der Waals surface area contributed by atoms with Gasteiger partial charge in [-0.25, -0.2) is 9.59 Å². The number of esters is 2. The average Bonchev–Trinajstić information content (AvgIpc) is 2.49. The Morgan fingerprint density at radius 2 is 1.58 bits per heavy atom. The highest BCUT2D eigenvalue weighted by Crippen LogP contribution is 2.62. The van der Waals surface area contributed by atoms with Gasteiger partial charge >= 0.3 is 11.9 Å². The van der Waals surface area contributed by atoms with Gasteiger partial charge in [-0.2, -0.15) is 0 Å². The molecular weight excluding hydrogens is 312 g/mol. The second-order valence-corrected chi connectivity index (χ2v) is 6.81. The summed E-state index contributed by atoms with van der Waals surface area (Å²) in [6, 6.07) is 0. The monoisotopic (exact) mass is 338 g/mol. The van der Waals surface area contributed by atoms with Gasteiger partial charge in [0.15, 0.2) is 13.6 Å². The Bertz CT molecular complexity index is 522. The van der Waals surface area contributed by atoms with Gasteiger partial charge in [0, 0.05) is 11.1 Å². The highest BCUT2D eigenvalue weighted by atomic mass is 16.6. The highest BCUT2D eigenvalue weighted by molar-refractivity contribution is 5.88. The average molecular weight is 338 g/mol. The van der Waals surface area contributed by atoms with Crippen molar-refractivity contribution in [2.24, 2.45) is 17.3 Å². The summed E-state index contributed by atoms with van der Waals surface area (Å²) in [6.45, 7) is 6.30. The van der Waals surface area contributed by atoms with Crippen molar-refractivity contribution in [1.82, 2.24) is 0 Å². The van der Waals surface area contributed by atoms with Crippen LogP contribution in [0.2, 0.25) is 0 Å². The SMILES string of the molecule is C=C(CC1CCC1(CC(=C)C(=O)OCO)C1CCC1)C(=O)OCO. The van der Waals surface area contributed by atoms with Crippen LogP contribution in [0.1, 0.15) is 44.9 Å². The molecule has 2 N–H and O–H groups in total. The smallest absolute Gasteiger partial charge is 0.335 e. The summed E-state index contributed by atoms with van der Waals surface area (Å²) < 4.78 is 9.22. The summed E-state index contributed by atoms with van der Waals surface area (Å²) >= 11 is 0. The Kier molecular flexibility index (Phi) is 6.18. The quantitative estimate of drug-likeness (QED) is 0.380. The summed E-state index contributed by atoms with van der Waals surface area (Å²) in [5.41, 5.74) is 0.650. The van der Waals surface area contributed by atoms with Gasteiger partial charge in [0.25, 0.3) is 0 Å². The Morgan fingerprint density at radius 1 is 1.00 bits per heavy atom. The fourth-order valence-corrected chi connectivity index (χ4v) is 4.09. The van der Waals surface area contributed by atoms with E-state index in [4.69, 9.17) is 10.2 Å². The Morgan fingerprint density at radius 3 is 2.00 bits per heavy atom. The Labute approximate surface area is 142 Å². The molecule has 0 aromatic heterocycles. The fourth-order valence-electron chi connectivity index (χ4n) is 4.09. The number of aliphatic hydroxyl groups excluding tert-OH is 2. The number of aliphatic hydroxyl groups is 2. The lowest BCUT2D eigenvalue weighted by molar-refractivity contribution is -0.150. The van der Waals surface area contributed by atoms with E-state index >= 15 is 0 Å². The first kappa shape index (κ1) is 18.7. The predicted octanol–water partition coefficient (Wildman–Crippen LogP) is 2.06. The maximum atomic E-state index is 11.8. The van der Waals surface area contributed by atoms with Crippen molar-refractivity contribution in [3.05, 3.63) is 24.3 Å². The van der Waals surface area contributed by atoms with Crippen molar-refractivity contribution < 1.29 is 29.3 Å². The summed E-state index contributed by atoms with van der Waals surface area (Å²) in [5.74, 6) is -0.400. The van der Waals surface area contributed by atoms with E-state index in [0.29, 0.717) is 29.9 Å². The molecule has 2 aliphatic carbocycles. The Hall–Kier alpha value is -1.66. The molecule has 2 rings (SSSR count). The van der Waals surface area contributed by atoms with Crippen molar-refractivity contribution in [3.8, 4) is 0 Å². The largest absolute Gasteiger partial charge is 0.435 e. The molecule has 2 unspecified atom stereocenters. The van der Waals surface area contributed by atoms with Crippen molar-refractivity contribution in [2.45, 2.75) is 44.9 Å². The number of hydrogen-bond donors (Lipinski definition) is 2. The van der Waals surface area contributed by atoms with Crippen LogP contribution in [0.3, 0.4) is 0 Å². The van der Waals surface area contributed by atoms with Gasteiger partial charge in [-0.05, 0) is 55.8 Å². The minimum Gasteiger partial charge on any atom is -0.435 e. The van der Waals surface area contributed by atoms with E-state index in [0.717, 1.165) is 25.7 Å². The number of hydrogen-bond acceptors (Lipinski definition) is 6. The molecule has 2 fully saturated rings. The number of rotatable bonds is 9. The highest BCUT2D eigenvalue weighted by Gasteiger charge is 2.53. The molecule has 134 valence electrons. The van der Waals surface area contributed by atoms with Crippen LogP contribution in [-0.2, 0) is 19.1 Å². The van der Waals surface area contributed by atoms with E-state index in [1.165, 1.54) is 6.42 Å². The maximum absolute atomic E-state index is 11.8. The van der Waals surface area contributed by atoms with E-state index in [1.54, 1.807) is 0 Å². The van der Waals surface area contributed by atoms with Crippen molar-refractivity contribution >= 4 is 11.9 Å². The molecule has 0 aromatic rings. The molecule has 0 amide bonds. The molecule has 0 aromatic carbocycles. The van der Waals surface area contributed by atoms with Gasteiger partial charge in [0.05, 0.1) is 0 Å². The second kappa shape index (κ2) is 7.94. The van der Waals surface area contributed by atoms with Gasteiger partial charge in [-0.1, -0.05) is 19.6 Å². The molecular formula is C18H26O6. The van der Waals surface area contributed by atoms with Crippen molar-refractivity contribution in [3.63, 3.8) is 0 Å². The van der Waals surface area contributed by atoms with Crippen LogP contribution in [0.5, 0.6) is 0 Å². The molecule has 6 heteroatoms. The summed E-state index contributed by atoms with van der Waals surface area (Å²) in [5, 5.41) is 17.4. The minimum atomic E-state index is -0.653. The van der Waals surface area contributed by atoms with Crippen LogP contribution in [0.25, 0.3) is 0 Å². The maximum Gasteiger partial charge on any atom is 0.335 e. The molecule has 0 aliphatic heterocycles. The lowest BCUT2D eigenvalue weighted by Gasteiger charge is -2.58. The zero-order chi connectivity index (χ0) is 17.7. The Balaban J connectivity index is 2.05. The first-order valence-corrected chi connectivity index (χ1v) is 8.36. The molecule has 0 spiro atoms. The third kappa shape index (κ3) is 3.70. The van der Waals surface area contributed by atoms with Crippen LogP contribution >= 0.6 is 0 Å². The molecule has 2 atom stereocenters. The normalized spacial score (nSPS) is 26.0. The third-order valence-electron chi connectivity index (χ3n) is 5.69. The molecule has 0 heterocycles. The van der Waals surface area contributed by atoms with Gasteiger partial charge in [0.1, 0.15) is 0 Å². The molecule has 0 radical (unpaired) electrons. The third-order valence-corrected chi connectivity index (χ3v) is 5.69. The van der Waals surface area contributed by atoms with Gasteiger partial charge in [-0.15, -0.1) is 0 Å². The van der Waals surface area contributed by atoms with Crippen molar-refractivity contribution in [2.75, 3.05) is 13.6 Å². The second-order valence-electron chi connectivity index (χ2n) is 6.81. The molecule has 2 saturated carbocycles. The van der Waals surface area contributed by atoms with E-state index in [-0.39, 0.29) is 11.3 Å². The van der Waals surface area contributed by atoms with Crippen LogP contribution in [0.15, 0.2) is 24.3 Å². The number of carbonyl (C=O) groups is 2. The summed E-state index contributed by atoms with van der Waals surface area (Å²) in [7, 11) is 0. The first-order chi connectivity index (χ1) is 11.4. The van der Waals surface area contributed by atoms with E-state index in [2.05, 4.69) is 22.6 Å². The van der Waals surface area contributed by atoms with Crippen LogP contribution < -0.4 is 0 Å². The predicted molar refractivity (Wildman–Crippen MR) is 86.4 cm³/mol. The van der Waals surface area contributed by atoms with Gasteiger partial charge in [-0.3, -0.25) is 0 Å². The fraction of sp³-hybridized carbons (Fsp3) is 0.667. The van der Waals surface area contributed by atoms with Crippen molar-refractivity contribution in [1.29, 1.82) is 0 Å². The summed E-state index contributed by atoms with van der Waals surface area (Å²) in [6.07, 6.45) is 6.38. The standard InChI is InChI=1S/C18H26O6/c1-12(16(21)23-10-19)8-15-6-7-18(15,14-4-3-5-14)9-13(2)17(22)24-11-20/h14-15,19-20H,1-11H2. The molecule has 0 saturated heterocycles. The topological polar surface area (TPSA) is 93.1 Å².